The first-order valence-electron chi connectivity index (χ1n) is 5.64. The van der Waals surface area contributed by atoms with E-state index in [1.54, 1.807) is 24.3 Å². The fourth-order valence-corrected chi connectivity index (χ4v) is 1.95. The molecule has 1 atom stereocenters. The van der Waals surface area contributed by atoms with E-state index in [0.29, 0.717) is 13.1 Å². The third-order valence-electron chi connectivity index (χ3n) is 2.94. The largest absolute Gasteiger partial charge is 0.508 e. The Morgan fingerprint density at radius 2 is 2.06 bits per heavy atom. The van der Waals surface area contributed by atoms with Crippen LogP contribution in [0, 0.1) is 0 Å². The SMILES string of the molecule is Oc1ccc(NCC2(O)CCCNC2)cc1. The van der Waals surface area contributed by atoms with Crippen LogP contribution in [0.25, 0.3) is 0 Å². The van der Waals surface area contributed by atoms with Crippen molar-refractivity contribution in [3.8, 4) is 5.75 Å². The van der Waals surface area contributed by atoms with Gasteiger partial charge in [-0.05, 0) is 43.7 Å². The third-order valence-corrected chi connectivity index (χ3v) is 2.94. The second-order valence-corrected chi connectivity index (χ2v) is 4.41. The van der Waals surface area contributed by atoms with Crippen LogP contribution in [-0.4, -0.2) is 35.4 Å². The van der Waals surface area contributed by atoms with Crippen molar-refractivity contribution in [2.45, 2.75) is 18.4 Å². The van der Waals surface area contributed by atoms with Crippen molar-refractivity contribution in [3.63, 3.8) is 0 Å². The zero-order chi connectivity index (χ0) is 11.4. The molecule has 1 unspecified atom stereocenters. The Bertz CT molecular complexity index is 331. The molecule has 1 fully saturated rings. The fraction of sp³-hybridized carbons (Fsp3) is 0.500. The maximum Gasteiger partial charge on any atom is 0.115 e. The van der Waals surface area contributed by atoms with Crippen LogP contribution in [0.1, 0.15) is 12.8 Å². The van der Waals surface area contributed by atoms with Gasteiger partial charge in [-0.15, -0.1) is 0 Å². The number of piperidine rings is 1. The van der Waals surface area contributed by atoms with Gasteiger partial charge in [0, 0.05) is 18.8 Å². The van der Waals surface area contributed by atoms with Crippen LogP contribution in [0.4, 0.5) is 5.69 Å². The first kappa shape index (κ1) is 11.2. The van der Waals surface area contributed by atoms with Gasteiger partial charge in [-0.2, -0.15) is 0 Å². The molecule has 1 heterocycles. The summed E-state index contributed by atoms with van der Waals surface area (Å²) in [5, 5.41) is 25.7. The van der Waals surface area contributed by atoms with Crippen molar-refractivity contribution in [1.82, 2.24) is 5.32 Å². The van der Waals surface area contributed by atoms with Crippen LogP contribution in [0.2, 0.25) is 0 Å². The lowest BCUT2D eigenvalue weighted by molar-refractivity contribution is 0.0292. The number of nitrogens with one attached hydrogen (secondary N) is 2. The summed E-state index contributed by atoms with van der Waals surface area (Å²) in [4.78, 5) is 0. The lowest BCUT2D eigenvalue weighted by Crippen LogP contribution is -2.50. The average Bonchev–Trinajstić information content (AvgIpc) is 2.29. The van der Waals surface area contributed by atoms with Gasteiger partial charge in [0.1, 0.15) is 5.75 Å². The molecule has 0 amide bonds. The fourth-order valence-electron chi connectivity index (χ4n) is 1.95. The molecule has 88 valence electrons. The van der Waals surface area contributed by atoms with E-state index in [0.717, 1.165) is 25.1 Å². The molecule has 4 N–H and O–H groups in total. The van der Waals surface area contributed by atoms with Crippen LogP contribution in [0.5, 0.6) is 5.75 Å². The van der Waals surface area contributed by atoms with Gasteiger partial charge >= 0.3 is 0 Å². The van der Waals surface area contributed by atoms with Crippen molar-refractivity contribution in [3.05, 3.63) is 24.3 Å². The van der Waals surface area contributed by atoms with Gasteiger partial charge in [0.2, 0.25) is 0 Å². The van der Waals surface area contributed by atoms with Gasteiger partial charge in [0.25, 0.3) is 0 Å². The Morgan fingerprint density at radius 1 is 1.31 bits per heavy atom. The predicted octanol–water partition coefficient (Wildman–Crippen LogP) is 0.919. The molecule has 1 aromatic rings. The van der Waals surface area contributed by atoms with E-state index in [9.17, 15) is 5.11 Å². The number of phenols is 1. The molecule has 1 aliphatic heterocycles. The highest BCUT2D eigenvalue weighted by atomic mass is 16.3. The average molecular weight is 222 g/mol. The van der Waals surface area contributed by atoms with E-state index >= 15 is 0 Å². The number of benzene rings is 1. The number of rotatable bonds is 3. The summed E-state index contributed by atoms with van der Waals surface area (Å²) >= 11 is 0. The Hall–Kier alpha value is -1.26. The number of phenolic OH excluding ortho intramolecular Hbond substituents is 1. The molecule has 0 spiro atoms. The number of hydrogen-bond acceptors (Lipinski definition) is 4. The molecule has 1 aliphatic rings. The minimum Gasteiger partial charge on any atom is -0.508 e. The zero-order valence-corrected chi connectivity index (χ0v) is 9.24. The summed E-state index contributed by atoms with van der Waals surface area (Å²) in [6, 6.07) is 6.86. The van der Waals surface area contributed by atoms with Gasteiger partial charge in [-0.1, -0.05) is 0 Å². The first-order valence-corrected chi connectivity index (χ1v) is 5.64. The van der Waals surface area contributed by atoms with Crippen molar-refractivity contribution >= 4 is 5.69 Å². The maximum atomic E-state index is 10.2. The smallest absolute Gasteiger partial charge is 0.115 e. The highest BCUT2D eigenvalue weighted by molar-refractivity contribution is 5.46. The number of β-amino-alcohol motifs (C(OH)–C–C–N with tert-alkyl or cyclic N) is 1. The highest BCUT2D eigenvalue weighted by Gasteiger charge is 2.28. The quantitative estimate of drug-likeness (QED) is 0.574. The second kappa shape index (κ2) is 4.72. The Balaban J connectivity index is 1.88. The van der Waals surface area contributed by atoms with E-state index in [4.69, 9.17) is 5.11 Å². The minimum atomic E-state index is -0.657. The number of hydrogen-bond donors (Lipinski definition) is 4. The van der Waals surface area contributed by atoms with Crippen molar-refractivity contribution in [2.24, 2.45) is 0 Å². The topological polar surface area (TPSA) is 64.5 Å². The molecule has 16 heavy (non-hydrogen) atoms. The van der Waals surface area contributed by atoms with E-state index < -0.39 is 5.60 Å². The van der Waals surface area contributed by atoms with E-state index in [-0.39, 0.29) is 5.75 Å². The molecule has 0 aromatic heterocycles. The number of anilines is 1. The minimum absolute atomic E-state index is 0.253. The van der Waals surface area contributed by atoms with Crippen molar-refractivity contribution < 1.29 is 10.2 Å². The van der Waals surface area contributed by atoms with Gasteiger partial charge in [-0.3, -0.25) is 0 Å². The molecule has 4 nitrogen and oxygen atoms in total. The Labute approximate surface area is 95.3 Å². The van der Waals surface area contributed by atoms with Gasteiger partial charge in [0.15, 0.2) is 0 Å². The van der Waals surface area contributed by atoms with E-state index in [1.165, 1.54) is 0 Å². The number of aromatic hydroxyl groups is 1. The summed E-state index contributed by atoms with van der Waals surface area (Å²) in [5.41, 5.74) is 0.257. The van der Waals surface area contributed by atoms with Crippen molar-refractivity contribution in [2.75, 3.05) is 25.0 Å². The lowest BCUT2D eigenvalue weighted by Gasteiger charge is -2.33. The van der Waals surface area contributed by atoms with Crippen LogP contribution in [0.3, 0.4) is 0 Å². The van der Waals surface area contributed by atoms with Gasteiger partial charge < -0.3 is 20.8 Å². The molecule has 1 aromatic carbocycles. The van der Waals surface area contributed by atoms with Gasteiger partial charge in [-0.25, -0.2) is 0 Å². The normalized spacial score (nSPS) is 25.3. The highest BCUT2D eigenvalue weighted by Crippen LogP contribution is 2.18. The molecule has 0 radical (unpaired) electrons. The first-order chi connectivity index (χ1) is 7.68. The molecule has 2 rings (SSSR count). The second-order valence-electron chi connectivity index (χ2n) is 4.41. The van der Waals surface area contributed by atoms with Crippen LogP contribution >= 0.6 is 0 Å². The molecule has 4 heteroatoms. The zero-order valence-electron chi connectivity index (χ0n) is 9.24. The Morgan fingerprint density at radius 3 is 2.69 bits per heavy atom. The molecule has 0 aliphatic carbocycles. The predicted molar refractivity (Wildman–Crippen MR) is 63.7 cm³/mol. The van der Waals surface area contributed by atoms with Crippen molar-refractivity contribution in [1.29, 1.82) is 0 Å². The van der Waals surface area contributed by atoms with Crippen LogP contribution < -0.4 is 10.6 Å². The molecular weight excluding hydrogens is 204 g/mol. The van der Waals surface area contributed by atoms with E-state index in [2.05, 4.69) is 10.6 Å². The van der Waals surface area contributed by atoms with Crippen LogP contribution in [-0.2, 0) is 0 Å². The monoisotopic (exact) mass is 222 g/mol. The molecule has 0 bridgehead atoms. The summed E-state index contributed by atoms with van der Waals surface area (Å²) in [5.74, 6) is 0.253. The number of aliphatic hydroxyl groups is 1. The van der Waals surface area contributed by atoms with Crippen LogP contribution in [0.15, 0.2) is 24.3 Å². The molecule has 0 saturated carbocycles. The summed E-state index contributed by atoms with van der Waals surface area (Å²) in [7, 11) is 0. The molecule has 1 saturated heterocycles. The standard InChI is InChI=1S/C12H18N2O2/c15-11-4-2-10(3-5-11)14-9-12(16)6-1-7-13-8-12/h2-5,13-16H,1,6-9H2. The molecular formula is C12H18N2O2. The summed E-state index contributed by atoms with van der Waals surface area (Å²) < 4.78 is 0. The Kier molecular flexibility index (Phi) is 3.31. The summed E-state index contributed by atoms with van der Waals surface area (Å²) in [6.45, 7) is 2.16. The third kappa shape index (κ3) is 2.87. The summed E-state index contributed by atoms with van der Waals surface area (Å²) in [6.07, 6.45) is 1.83. The lowest BCUT2D eigenvalue weighted by atomic mass is 9.94. The van der Waals surface area contributed by atoms with E-state index in [1.807, 2.05) is 0 Å². The maximum absolute atomic E-state index is 10.2. The van der Waals surface area contributed by atoms with Gasteiger partial charge in [0.05, 0.1) is 5.60 Å².